The third-order valence-electron chi connectivity index (χ3n) is 10.7. The van der Waals surface area contributed by atoms with Gasteiger partial charge in [-0.05, 0) is 140 Å². The molecule has 2 fully saturated rings. The molecule has 3 aromatic carbocycles. The molecule has 262 valence electrons. The maximum Gasteiger partial charge on any atom is 0.141 e. The minimum absolute atomic E-state index is 0.129. The van der Waals surface area contributed by atoms with Crippen molar-refractivity contribution in [2.75, 3.05) is 14.2 Å². The van der Waals surface area contributed by atoms with E-state index in [0.717, 1.165) is 77.8 Å². The summed E-state index contributed by atoms with van der Waals surface area (Å²) in [4.78, 5) is 13.7. The van der Waals surface area contributed by atoms with Gasteiger partial charge in [-0.1, -0.05) is 42.5 Å². The average molecular weight is 659 g/mol. The Labute approximate surface area is 289 Å². The van der Waals surface area contributed by atoms with E-state index >= 15 is 0 Å². The highest BCUT2D eigenvalue weighted by Crippen LogP contribution is 2.45. The first-order chi connectivity index (χ1) is 22.5. The molecule has 0 atom stereocenters. The van der Waals surface area contributed by atoms with Gasteiger partial charge in [0.1, 0.15) is 17.1 Å². The van der Waals surface area contributed by atoms with Crippen molar-refractivity contribution in [1.29, 1.82) is 0 Å². The second-order valence-corrected chi connectivity index (χ2v) is 16.2. The number of hydroxylamine groups is 4. The van der Waals surface area contributed by atoms with Crippen LogP contribution in [-0.2, 0) is 28.5 Å². The highest BCUT2D eigenvalue weighted by atomic mass is 16.7. The van der Waals surface area contributed by atoms with Crippen molar-refractivity contribution >= 4 is 0 Å². The third-order valence-corrected chi connectivity index (χ3v) is 10.7. The van der Waals surface area contributed by atoms with Gasteiger partial charge < -0.3 is 14.6 Å². The number of piperidine rings is 2. The quantitative estimate of drug-likeness (QED) is 0.206. The Morgan fingerprint density at radius 2 is 0.896 bits per heavy atom. The number of hydrogen-bond acceptors (Lipinski definition) is 7. The molecule has 0 amide bonds. The molecule has 0 saturated carbocycles. The average Bonchev–Trinajstić information content (AvgIpc) is 3.03. The fourth-order valence-electron chi connectivity index (χ4n) is 8.40. The highest BCUT2D eigenvalue weighted by Gasteiger charge is 2.45. The van der Waals surface area contributed by atoms with Gasteiger partial charge in [0.15, 0.2) is 0 Å². The van der Waals surface area contributed by atoms with Crippen LogP contribution in [0.25, 0.3) is 0 Å². The zero-order valence-electron chi connectivity index (χ0n) is 31.0. The van der Waals surface area contributed by atoms with Crippen LogP contribution in [-0.4, -0.2) is 51.6 Å². The van der Waals surface area contributed by atoms with Gasteiger partial charge in [0, 0.05) is 27.7 Å². The van der Waals surface area contributed by atoms with Gasteiger partial charge in [0.05, 0.1) is 27.4 Å². The summed E-state index contributed by atoms with van der Waals surface area (Å²) >= 11 is 0. The summed E-state index contributed by atoms with van der Waals surface area (Å²) in [5.74, 6) is 1.44. The third kappa shape index (κ3) is 7.17. The molecule has 7 nitrogen and oxygen atoms in total. The zero-order valence-corrected chi connectivity index (χ0v) is 31.0. The van der Waals surface area contributed by atoms with E-state index in [0.29, 0.717) is 13.2 Å². The first kappa shape index (κ1) is 36.3. The van der Waals surface area contributed by atoms with Crippen LogP contribution in [0.4, 0.5) is 0 Å². The number of hydrogen-bond donors (Lipinski definition) is 1. The molecule has 0 bridgehead atoms. The van der Waals surface area contributed by atoms with Crippen molar-refractivity contribution in [2.24, 2.45) is 0 Å². The van der Waals surface area contributed by atoms with Gasteiger partial charge in [-0.25, -0.2) is 0 Å². The standard InChI is InChI=1S/C41H58N2O5/c1-37(2)24-12-25-38(3,4)42(37)47-28-30-14-11-15-31(29-48-43-39(5,6)26-13-27-40(43,7)8)36(30)41(44,32-16-20-34(45-9)21-17-32)33-18-22-35(46-10)23-19-33/h11,14-23,44H,12-13,24-29H2,1-10H3. The van der Waals surface area contributed by atoms with Gasteiger partial charge >= 0.3 is 0 Å². The van der Waals surface area contributed by atoms with Crippen molar-refractivity contribution in [3.05, 3.63) is 94.5 Å². The Kier molecular flexibility index (Phi) is 10.4. The van der Waals surface area contributed by atoms with Crippen LogP contribution >= 0.6 is 0 Å². The largest absolute Gasteiger partial charge is 0.497 e. The van der Waals surface area contributed by atoms with E-state index in [1.807, 2.05) is 48.5 Å². The second kappa shape index (κ2) is 13.8. The molecule has 7 heteroatoms. The minimum atomic E-state index is -1.54. The molecule has 2 aliphatic rings. The minimum Gasteiger partial charge on any atom is -0.497 e. The fourth-order valence-corrected chi connectivity index (χ4v) is 8.40. The summed E-state index contributed by atoms with van der Waals surface area (Å²) in [6, 6.07) is 21.6. The van der Waals surface area contributed by atoms with Gasteiger partial charge in [-0.15, -0.1) is 0 Å². The molecule has 2 heterocycles. The van der Waals surface area contributed by atoms with Gasteiger partial charge in [0.25, 0.3) is 0 Å². The molecule has 5 rings (SSSR count). The molecule has 48 heavy (non-hydrogen) atoms. The maximum atomic E-state index is 13.4. The normalized spacial score (nSPS) is 20.7. The molecule has 2 saturated heterocycles. The summed E-state index contributed by atoms with van der Waals surface area (Å²) in [6.45, 7) is 18.6. The van der Waals surface area contributed by atoms with Crippen LogP contribution in [0, 0.1) is 0 Å². The van der Waals surface area contributed by atoms with Gasteiger partial charge in [-0.2, -0.15) is 10.1 Å². The summed E-state index contributed by atoms with van der Waals surface area (Å²) in [5.41, 5.74) is 1.95. The number of nitrogens with zero attached hydrogens (tertiary/aromatic N) is 2. The van der Waals surface area contributed by atoms with E-state index in [1.54, 1.807) is 14.2 Å². The smallest absolute Gasteiger partial charge is 0.141 e. The van der Waals surface area contributed by atoms with Crippen molar-refractivity contribution < 1.29 is 24.3 Å². The first-order valence-electron chi connectivity index (χ1n) is 17.5. The van der Waals surface area contributed by atoms with Gasteiger partial charge in [0.2, 0.25) is 0 Å². The predicted octanol–water partition coefficient (Wildman–Crippen LogP) is 8.94. The molecule has 0 unspecified atom stereocenters. The lowest BCUT2D eigenvalue weighted by molar-refractivity contribution is -0.289. The van der Waals surface area contributed by atoms with E-state index < -0.39 is 5.60 Å². The van der Waals surface area contributed by atoms with Crippen molar-refractivity contribution in [2.45, 2.75) is 135 Å². The molecule has 3 aromatic rings. The monoisotopic (exact) mass is 658 g/mol. The van der Waals surface area contributed by atoms with E-state index in [-0.39, 0.29) is 22.2 Å². The Morgan fingerprint density at radius 1 is 0.562 bits per heavy atom. The van der Waals surface area contributed by atoms with Crippen LogP contribution in [0.2, 0.25) is 0 Å². The molecule has 0 aliphatic carbocycles. The van der Waals surface area contributed by atoms with Crippen LogP contribution in [0.1, 0.15) is 122 Å². The van der Waals surface area contributed by atoms with E-state index in [9.17, 15) is 5.11 Å². The topological polar surface area (TPSA) is 63.6 Å². The van der Waals surface area contributed by atoms with Gasteiger partial charge in [-0.3, -0.25) is 9.68 Å². The maximum absolute atomic E-state index is 13.4. The number of methoxy groups -OCH3 is 2. The lowest BCUT2D eigenvalue weighted by Gasteiger charge is -2.51. The molecular weight excluding hydrogens is 600 g/mol. The Hall–Kier alpha value is -2.94. The predicted molar refractivity (Wildman–Crippen MR) is 192 cm³/mol. The highest BCUT2D eigenvalue weighted by molar-refractivity contribution is 5.54. The summed E-state index contributed by atoms with van der Waals surface area (Å²) in [7, 11) is 3.31. The molecule has 0 radical (unpaired) electrons. The Balaban J connectivity index is 1.67. The molecule has 1 N–H and O–H groups in total. The number of ether oxygens (including phenoxy) is 2. The SMILES string of the molecule is COc1ccc(C(O)(c2ccc(OC)cc2)c2c(CON3C(C)(C)CCCC3(C)C)cccc2CON2C(C)(C)CCCC2(C)C)cc1. The van der Waals surface area contributed by atoms with Crippen molar-refractivity contribution in [3.63, 3.8) is 0 Å². The molecular formula is C41H58N2O5. The van der Waals surface area contributed by atoms with E-state index in [2.05, 4.69) is 83.7 Å². The van der Waals surface area contributed by atoms with E-state index in [4.69, 9.17) is 19.1 Å². The van der Waals surface area contributed by atoms with Crippen LogP contribution in [0.3, 0.4) is 0 Å². The van der Waals surface area contributed by atoms with Crippen LogP contribution < -0.4 is 9.47 Å². The Morgan fingerprint density at radius 3 is 1.21 bits per heavy atom. The molecule has 0 aromatic heterocycles. The van der Waals surface area contributed by atoms with Crippen molar-refractivity contribution in [1.82, 2.24) is 10.1 Å². The lowest BCUT2D eigenvalue weighted by atomic mass is 9.76. The number of benzene rings is 3. The number of rotatable bonds is 11. The molecule has 2 aliphatic heterocycles. The lowest BCUT2D eigenvalue weighted by Crippen LogP contribution is -2.58. The molecule has 0 spiro atoms. The Bertz CT molecular complexity index is 1390. The first-order valence-corrected chi connectivity index (χ1v) is 17.5. The summed E-state index contributed by atoms with van der Waals surface area (Å²) < 4.78 is 11.0. The van der Waals surface area contributed by atoms with Crippen LogP contribution in [0.5, 0.6) is 11.5 Å². The summed E-state index contributed by atoms with van der Waals surface area (Å²) in [5, 5.41) is 17.8. The van der Waals surface area contributed by atoms with Crippen molar-refractivity contribution in [3.8, 4) is 11.5 Å². The van der Waals surface area contributed by atoms with E-state index in [1.165, 1.54) is 0 Å². The van der Waals surface area contributed by atoms with Crippen LogP contribution in [0.15, 0.2) is 66.7 Å². The zero-order chi connectivity index (χ0) is 35.0. The fraction of sp³-hybridized carbons (Fsp3) is 0.561. The number of aliphatic hydroxyl groups is 1. The second-order valence-electron chi connectivity index (χ2n) is 16.2. The summed E-state index contributed by atoms with van der Waals surface area (Å²) in [6.07, 6.45) is 6.55.